The van der Waals surface area contributed by atoms with Gasteiger partial charge in [0.15, 0.2) is 0 Å². The van der Waals surface area contributed by atoms with Gasteiger partial charge in [-0.1, -0.05) is 0 Å². The van der Waals surface area contributed by atoms with E-state index in [9.17, 15) is 61.5 Å². The first-order valence-corrected chi connectivity index (χ1v) is 3.86. The summed E-state index contributed by atoms with van der Waals surface area (Å²) in [6.07, 6.45) is -32.9. The van der Waals surface area contributed by atoms with Crippen molar-refractivity contribution < 1.29 is 61.5 Å². The molecule has 0 bridgehead atoms. The molecule has 0 saturated heterocycles. The van der Waals surface area contributed by atoms with Gasteiger partial charge in [-0.2, -0.15) is 52.7 Å². The number of hydrogen-bond donors (Lipinski definition) is 0. The highest BCUT2D eigenvalue weighted by molar-refractivity contribution is 4.74. The molecule has 0 aliphatic carbocycles. The lowest BCUT2D eigenvalue weighted by molar-refractivity contribution is -0.286. The van der Waals surface area contributed by atoms with Gasteiger partial charge >= 0.3 is 24.7 Å². The van der Waals surface area contributed by atoms with Crippen LogP contribution in [0.25, 0.3) is 0 Å². The molecule has 0 heterocycles. The average Bonchev–Trinajstić information content (AvgIpc) is 2.10. The second-order valence-electron chi connectivity index (χ2n) is 2.89. The van der Waals surface area contributed by atoms with Crippen LogP contribution in [0, 0.1) is 0 Å². The Morgan fingerprint density at radius 1 is 0.350 bits per heavy atom. The first-order chi connectivity index (χ1) is 8.31. The van der Waals surface area contributed by atoms with Gasteiger partial charge in [-0.25, -0.2) is 8.78 Å². The van der Waals surface area contributed by atoms with Crippen LogP contribution >= 0.6 is 0 Å². The topological polar surface area (TPSA) is 0 Å². The maximum Gasteiger partial charge on any atom is 0.428 e. The smallest absolute Gasteiger partial charge is 0.227 e. The van der Waals surface area contributed by atoms with E-state index in [0.717, 1.165) is 0 Å². The van der Waals surface area contributed by atoms with E-state index >= 15 is 0 Å². The van der Waals surface area contributed by atoms with Crippen molar-refractivity contribution in [2.24, 2.45) is 0 Å². The molecule has 0 N–H and O–H groups in total. The third-order valence-electron chi connectivity index (χ3n) is 1.15. The normalized spacial score (nSPS) is 14.4. The summed E-state index contributed by atoms with van der Waals surface area (Å²) >= 11 is 0. The van der Waals surface area contributed by atoms with Gasteiger partial charge in [0.05, 0.1) is 0 Å². The van der Waals surface area contributed by atoms with E-state index in [4.69, 9.17) is 0 Å². The molecule has 124 valence electrons. The molecule has 0 saturated carbocycles. The summed E-state index contributed by atoms with van der Waals surface area (Å²) in [6, 6.07) is 0. The molecule has 0 nitrogen and oxygen atoms in total. The molecule has 0 aromatic carbocycles. The number of rotatable bonds is 0. The molecule has 20 heavy (non-hydrogen) atoms. The summed E-state index contributed by atoms with van der Waals surface area (Å²) in [5.41, 5.74) is 0. The molecule has 0 aliphatic rings. The Bertz CT molecular complexity index is 216. The van der Waals surface area contributed by atoms with Crippen LogP contribution < -0.4 is 0 Å². The Labute approximate surface area is 99.9 Å². The lowest BCUT2D eigenvalue weighted by Gasteiger charge is -2.14. The number of alkyl halides is 14. The van der Waals surface area contributed by atoms with E-state index in [-0.39, 0.29) is 0 Å². The van der Waals surface area contributed by atoms with Gasteiger partial charge in [-0.3, -0.25) is 0 Å². The van der Waals surface area contributed by atoms with Crippen LogP contribution in [0.15, 0.2) is 0 Å². The van der Waals surface area contributed by atoms with E-state index in [1.807, 2.05) is 0 Å². The SMILES string of the molecule is FC(C(F)(F)F)C(F)(F)F.FC(C(F)(F)F)C(F)(F)F. The van der Waals surface area contributed by atoms with Crippen molar-refractivity contribution in [2.75, 3.05) is 0 Å². The van der Waals surface area contributed by atoms with Crippen LogP contribution in [0.5, 0.6) is 0 Å². The van der Waals surface area contributed by atoms with Gasteiger partial charge in [-0.15, -0.1) is 0 Å². The molecule has 0 aliphatic heterocycles. The molecule has 0 rings (SSSR count). The van der Waals surface area contributed by atoms with Crippen molar-refractivity contribution in [1.82, 2.24) is 0 Å². The molecule has 0 amide bonds. The van der Waals surface area contributed by atoms with Gasteiger partial charge in [0, 0.05) is 0 Å². The fraction of sp³-hybridized carbons (Fsp3) is 1.00. The zero-order chi connectivity index (χ0) is 17.2. The van der Waals surface area contributed by atoms with Crippen LogP contribution in [0.3, 0.4) is 0 Å². The second kappa shape index (κ2) is 6.20. The zero-order valence-electron chi connectivity index (χ0n) is 8.45. The predicted molar refractivity (Wildman–Crippen MR) is 34.0 cm³/mol. The summed E-state index contributed by atoms with van der Waals surface area (Å²) in [5, 5.41) is 0. The molecule has 0 fully saturated rings. The van der Waals surface area contributed by atoms with E-state index < -0.39 is 37.0 Å². The van der Waals surface area contributed by atoms with Crippen LogP contribution in [0.4, 0.5) is 61.5 Å². The van der Waals surface area contributed by atoms with E-state index in [1.165, 1.54) is 0 Å². The molecular weight excluding hydrogens is 338 g/mol. The van der Waals surface area contributed by atoms with E-state index in [2.05, 4.69) is 0 Å². The first-order valence-electron chi connectivity index (χ1n) is 3.86. The van der Waals surface area contributed by atoms with Crippen molar-refractivity contribution in [3.8, 4) is 0 Å². The van der Waals surface area contributed by atoms with E-state index in [0.29, 0.717) is 0 Å². The molecular formula is C6H2F14. The molecule has 14 heteroatoms. The molecule has 0 aromatic rings. The third kappa shape index (κ3) is 8.24. The summed E-state index contributed by atoms with van der Waals surface area (Å²) in [7, 11) is 0. The molecule has 0 aromatic heterocycles. The third-order valence-corrected chi connectivity index (χ3v) is 1.15. The molecule has 0 unspecified atom stereocenters. The monoisotopic (exact) mass is 340 g/mol. The Morgan fingerprint density at radius 2 is 0.450 bits per heavy atom. The van der Waals surface area contributed by atoms with Crippen LogP contribution in [0.1, 0.15) is 0 Å². The summed E-state index contributed by atoms with van der Waals surface area (Å²) < 4.78 is 153. The van der Waals surface area contributed by atoms with Gasteiger partial charge in [0.2, 0.25) is 0 Å². The largest absolute Gasteiger partial charge is 0.428 e. The number of halogens is 14. The highest BCUT2D eigenvalue weighted by Crippen LogP contribution is 2.36. The highest BCUT2D eigenvalue weighted by Gasteiger charge is 2.58. The maximum absolute atomic E-state index is 11.2. The van der Waals surface area contributed by atoms with Crippen LogP contribution in [0.2, 0.25) is 0 Å². The predicted octanol–water partition coefficient (Wildman–Crippen LogP) is 4.90. The van der Waals surface area contributed by atoms with Crippen LogP contribution in [-0.4, -0.2) is 37.0 Å². The standard InChI is InChI=1S/2C3HF7/c2*4-1(2(5,6)7)3(8,9)10/h2*1H. The Hall–Kier alpha value is -0.980. The summed E-state index contributed by atoms with van der Waals surface area (Å²) in [6.45, 7) is 0. The summed E-state index contributed by atoms with van der Waals surface area (Å²) in [4.78, 5) is 0. The van der Waals surface area contributed by atoms with Crippen molar-refractivity contribution in [3.05, 3.63) is 0 Å². The quantitative estimate of drug-likeness (QED) is 0.551. The Kier molecular flexibility index (Phi) is 6.61. The zero-order valence-corrected chi connectivity index (χ0v) is 8.45. The minimum Gasteiger partial charge on any atom is -0.227 e. The van der Waals surface area contributed by atoms with Crippen molar-refractivity contribution in [1.29, 1.82) is 0 Å². The Morgan fingerprint density at radius 3 is 0.450 bits per heavy atom. The molecule has 0 radical (unpaired) electrons. The fourth-order valence-corrected chi connectivity index (χ4v) is 0.371. The van der Waals surface area contributed by atoms with Gasteiger partial charge < -0.3 is 0 Å². The average molecular weight is 340 g/mol. The van der Waals surface area contributed by atoms with Gasteiger partial charge in [0.1, 0.15) is 0 Å². The minimum atomic E-state index is -5.85. The fourth-order valence-electron chi connectivity index (χ4n) is 0.371. The van der Waals surface area contributed by atoms with Crippen molar-refractivity contribution in [2.45, 2.75) is 37.0 Å². The van der Waals surface area contributed by atoms with E-state index in [1.54, 1.807) is 0 Å². The van der Waals surface area contributed by atoms with Crippen LogP contribution in [-0.2, 0) is 0 Å². The Balaban J connectivity index is 0. The first kappa shape index (κ1) is 21.3. The van der Waals surface area contributed by atoms with Gasteiger partial charge in [-0.05, 0) is 0 Å². The summed E-state index contributed by atoms with van der Waals surface area (Å²) in [5.74, 6) is 0. The van der Waals surface area contributed by atoms with Crippen molar-refractivity contribution >= 4 is 0 Å². The maximum atomic E-state index is 11.2. The molecule has 0 spiro atoms. The highest BCUT2D eigenvalue weighted by atomic mass is 19.4. The second-order valence-corrected chi connectivity index (χ2v) is 2.89. The minimum absolute atomic E-state index is 4.74. The number of hydrogen-bond acceptors (Lipinski definition) is 0. The van der Waals surface area contributed by atoms with Gasteiger partial charge in [0.25, 0.3) is 12.3 Å². The molecule has 0 atom stereocenters. The lowest BCUT2D eigenvalue weighted by Crippen LogP contribution is -2.38. The lowest BCUT2D eigenvalue weighted by atomic mass is 10.4. The van der Waals surface area contributed by atoms with Crippen molar-refractivity contribution in [3.63, 3.8) is 0 Å².